The van der Waals surface area contributed by atoms with Crippen molar-refractivity contribution in [2.24, 2.45) is 0 Å². The molecule has 1 N–H and O–H groups in total. The van der Waals surface area contributed by atoms with E-state index in [1.54, 1.807) is 12.1 Å². The Bertz CT molecular complexity index is 735. The molecule has 0 saturated carbocycles. The first-order valence-electron chi connectivity index (χ1n) is 9.23. The molecule has 0 spiro atoms. The van der Waals surface area contributed by atoms with Crippen LogP contribution in [0.3, 0.4) is 0 Å². The molecule has 1 aromatic heterocycles. The lowest BCUT2D eigenvalue weighted by Crippen LogP contribution is -2.47. The van der Waals surface area contributed by atoms with Gasteiger partial charge in [0.05, 0.1) is 6.54 Å². The summed E-state index contributed by atoms with van der Waals surface area (Å²) in [6, 6.07) is 3.23. The molecular formula is C18H31N5O3S. The van der Waals surface area contributed by atoms with Crippen LogP contribution in [-0.2, 0) is 14.8 Å². The van der Waals surface area contributed by atoms with Crippen LogP contribution in [0.25, 0.3) is 0 Å². The van der Waals surface area contributed by atoms with Gasteiger partial charge >= 0.3 is 0 Å². The van der Waals surface area contributed by atoms with E-state index in [-0.39, 0.29) is 22.9 Å². The molecule has 0 aromatic carbocycles. The van der Waals surface area contributed by atoms with E-state index < -0.39 is 10.0 Å². The van der Waals surface area contributed by atoms with E-state index in [0.717, 1.165) is 13.1 Å². The monoisotopic (exact) mass is 397 g/mol. The maximum absolute atomic E-state index is 12.8. The number of sulfonamides is 1. The first-order valence-corrected chi connectivity index (χ1v) is 10.7. The highest BCUT2D eigenvalue weighted by molar-refractivity contribution is 7.89. The van der Waals surface area contributed by atoms with E-state index in [1.807, 2.05) is 39.6 Å². The number of carbonyl (C=O) groups excluding carboxylic acids is 1. The summed E-state index contributed by atoms with van der Waals surface area (Å²) in [5.74, 6) is 0.485. The number of anilines is 1. The van der Waals surface area contributed by atoms with Gasteiger partial charge in [0.15, 0.2) is 0 Å². The fraction of sp³-hybridized carbons (Fsp3) is 0.667. The van der Waals surface area contributed by atoms with Crippen molar-refractivity contribution in [3.63, 3.8) is 0 Å². The van der Waals surface area contributed by atoms with Gasteiger partial charge in [-0.15, -0.1) is 0 Å². The van der Waals surface area contributed by atoms with Crippen LogP contribution in [0, 0.1) is 0 Å². The number of hydrogen-bond acceptors (Lipinski definition) is 6. The molecule has 0 radical (unpaired) electrons. The normalized spacial score (nSPS) is 16.9. The van der Waals surface area contributed by atoms with E-state index in [0.29, 0.717) is 25.5 Å². The minimum absolute atomic E-state index is 0.0970. The number of likely N-dealkylation sites (N-methyl/N-ethyl adjacent to an activating group) is 2. The van der Waals surface area contributed by atoms with Gasteiger partial charge in [-0.1, -0.05) is 0 Å². The van der Waals surface area contributed by atoms with Crippen LogP contribution in [0.5, 0.6) is 0 Å². The van der Waals surface area contributed by atoms with Gasteiger partial charge in [0, 0.05) is 44.5 Å². The van der Waals surface area contributed by atoms with Gasteiger partial charge in [-0.3, -0.25) is 4.79 Å². The number of nitrogens with zero attached hydrogens (tertiary/aromatic N) is 4. The molecular weight excluding hydrogens is 366 g/mol. The van der Waals surface area contributed by atoms with Crippen molar-refractivity contribution in [1.29, 1.82) is 0 Å². The molecule has 1 saturated heterocycles. The average Bonchev–Trinajstić information content (AvgIpc) is 2.58. The summed E-state index contributed by atoms with van der Waals surface area (Å²) in [5.41, 5.74) is -0.301. The minimum atomic E-state index is -3.54. The van der Waals surface area contributed by atoms with E-state index in [9.17, 15) is 13.2 Å². The van der Waals surface area contributed by atoms with Crippen LogP contribution in [0.4, 0.5) is 5.82 Å². The lowest BCUT2D eigenvalue weighted by molar-refractivity contribution is -0.121. The number of carbonyl (C=O) groups is 1. The summed E-state index contributed by atoms with van der Waals surface area (Å²) in [6.07, 6.45) is 1.38. The molecule has 1 aliphatic heterocycles. The molecule has 1 amide bonds. The topological polar surface area (TPSA) is 85.8 Å². The quantitative estimate of drug-likeness (QED) is 0.763. The van der Waals surface area contributed by atoms with E-state index in [1.165, 1.54) is 10.5 Å². The number of hydrogen-bond donors (Lipinski definition) is 1. The fourth-order valence-corrected chi connectivity index (χ4v) is 4.24. The Morgan fingerprint density at radius 2 is 1.85 bits per heavy atom. The second-order valence-corrected chi connectivity index (χ2v) is 9.81. The molecule has 1 fully saturated rings. The van der Waals surface area contributed by atoms with Gasteiger partial charge in [0.2, 0.25) is 15.9 Å². The highest BCUT2D eigenvalue weighted by Gasteiger charge is 2.28. The van der Waals surface area contributed by atoms with E-state index >= 15 is 0 Å². The van der Waals surface area contributed by atoms with Gasteiger partial charge < -0.3 is 15.1 Å². The maximum atomic E-state index is 12.8. The molecule has 152 valence electrons. The molecule has 9 heteroatoms. The fourth-order valence-electron chi connectivity index (χ4n) is 2.88. The summed E-state index contributed by atoms with van der Waals surface area (Å²) in [7, 11) is -1.55. The number of pyridine rings is 1. The van der Waals surface area contributed by atoms with Gasteiger partial charge in [0.25, 0.3) is 0 Å². The third kappa shape index (κ3) is 5.88. The molecule has 1 aromatic rings. The molecule has 2 heterocycles. The van der Waals surface area contributed by atoms with Crippen molar-refractivity contribution in [2.75, 3.05) is 51.2 Å². The Kier molecular flexibility index (Phi) is 6.82. The second-order valence-electron chi connectivity index (χ2n) is 7.87. The highest BCUT2D eigenvalue weighted by atomic mass is 32.2. The van der Waals surface area contributed by atoms with Crippen molar-refractivity contribution >= 4 is 21.7 Å². The van der Waals surface area contributed by atoms with Gasteiger partial charge in [-0.25, -0.2) is 13.4 Å². The third-order valence-electron chi connectivity index (χ3n) is 4.38. The molecule has 0 atom stereocenters. The van der Waals surface area contributed by atoms with Crippen molar-refractivity contribution in [2.45, 2.75) is 38.1 Å². The standard InChI is InChI=1S/C18H31N5O3S/c1-6-22(14-17(24)20-18(2,3)4)16-8-7-15(13-19-16)27(25,26)23-11-9-21(5)10-12-23/h7-8,13H,6,9-12,14H2,1-5H3,(H,20,24). The second kappa shape index (κ2) is 8.53. The smallest absolute Gasteiger partial charge is 0.244 e. The highest BCUT2D eigenvalue weighted by Crippen LogP contribution is 2.19. The number of nitrogens with one attached hydrogen (secondary N) is 1. The van der Waals surface area contributed by atoms with Gasteiger partial charge in [-0.2, -0.15) is 4.31 Å². The predicted octanol–water partition coefficient (Wildman–Crippen LogP) is 0.759. The summed E-state index contributed by atoms with van der Waals surface area (Å²) in [6.45, 7) is 10.9. The van der Waals surface area contributed by atoms with Crippen molar-refractivity contribution < 1.29 is 13.2 Å². The van der Waals surface area contributed by atoms with Crippen LogP contribution in [-0.4, -0.2) is 80.4 Å². The maximum Gasteiger partial charge on any atom is 0.244 e. The van der Waals surface area contributed by atoms with Crippen molar-refractivity contribution in [1.82, 2.24) is 19.5 Å². The Balaban J connectivity index is 2.09. The van der Waals surface area contributed by atoms with Crippen LogP contribution >= 0.6 is 0 Å². The molecule has 0 unspecified atom stereocenters. The molecule has 27 heavy (non-hydrogen) atoms. The number of rotatable bonds is 6. The Morgan fingerprint density at radius 1 is 1.22 bits per heavy atom. The zero-order valence-electron chi connectivity index (χ0n) is 16.9. The first kappa shape index (κ1) is 21.6. The molecule has 0 bridgehead atoms. The molecule has 1 aliphatic rings. The van der Waals surface area contributed by atoms with Gasteiger partial charge in [0.1, 0.15) is 10.7 Å². The Hall–Kier alpha value is -1.71. The zero-order valence-corrected chi connectivity index (χ0v) is 17.7. The lowest BCUT2D eigenvalue weighted by Gasteiger charge is -2.31. The Labute approximate surface area is 162 Å². The largest absolute Gasteiger partial charge is 0.350 e. The number of amides is 1. The van der Waals surface area contributed by atoms with E-state index in [2.05, 4.69) is 15.2 Å². The van der Waals surface area contributed by atoms with Crippen molar-refractivity contribution in [3.8, 4) is 0 Å². The van der Waals surface area contributed by atoms with E-state index in [4.69, 9.17) is 0 Å². The summed E-state index contributed by atoms with van der Waals surface area (Å²) in [4.78, 5) is 20.6. The molecule has 0 aliphatic carbocycles. The Morgan fingerprint density at radius 3 is 2.33 bits per heavy atom. The average molecular weight is 398 g/mol. The van der Waals surface area contributed by atoms with Crippen molar-refractivity contribution in [3.05, 3.63) is 18.3 Å². The van der Waals surface area contributed by atoms with Crippen LogP contribution in [0.2, 0.25) is 0 Å². The number of aromatic nitrogens is 1. The predicted molar refractivity (Wildman–Crippen MR) is 106 cm³/mol. The summed E-state index contributed by atoms with van der Waals surface area (Å²) in [5, 5.41) is 2.92. The first-order chi connectivity index (χ1) is 12.5. The van der Waals surface area contributed by atoms with Crippen LogP contribution in [0.15, 0.2) is 23.2 Å². The summed E-state index contributed by atoms with van der Waals surface area (Å²) >= 11 is 0. The third-order valence-corrected chi connectivity index (χ3v) is 6.26. The van der Waals surface area contributed by atoms with Crippen LogP contribution < -0.4 is 10.2 Å². The molecule has 8 nitrogen and oxygen atoms in total. The van der Waals surface area contributed by atoms with Gasteiger partial charge in [-0.05, 0) is 46.9 Å². The van der Waals surface area contributed by atoms with Crippen LogP contribution in [0.1, 0.15) is 27.7 Å². The number of piperazine rings is 1. The molecule has 2 rings (SSSR count). The zero-order chi connectivity index (χ0) is 20.2. The lowest BCUT2D eigenvalue weighted by atomic mass is 10.1. The summed E-state index contributed by atoms with van der Waals surface area (Å²) < 4.78 is 27.0. The minimum Gasteiger partial charge on any atom is -0.350 e. The SMILES string of the molecule is CCN(CC(=O)NC(C)(C)C)c1ccc(S(=O)(=O)N2CCN(C)CC2)cn1.